The molecule has 3 nitrogen and oxygen atoms in total. The van der Waals surface area contributed by atoms with E-state index in [2.05, 4.69) is 29.3 Å². The second kappa shape index (κ2) is 4.78. The number of carbonyl (C=O) groups is 1. The van der Waals surface area contributed by atoms with Gasteiger partial charge < -0.3 is 10.2 Å². The van der Waals surface area contributed by atoms with Gasteiger partial charge in [0.05, 0.1) is 0 Å². The number of nitrogens with one attached hydrogen (secondary N) is 1. The lowest BCUT2D eigenvalue weighted by Gasteiger charge is -2.13. The van der Waals surface area contributed by atoms with E-state index in [1.807, 2.05) is 26.2 Å². The number of hydrogen-bond donors (Lipinski definition) is 1. The standard InChI is InChI=1S/C14H20N2O/c1-10-7-13(10)14(17)15-9-11-5-4-6-12(8-11)16(2)3/h4-6,8,10,13H,7,9H2,1-3H3,(H,15,17)/t10-,13-/m1/s1. The SMILES string of the molecule is C[C@@H]1C[C@H]1C(=O)NCc1cccc(N(C)C)c1. The molecule has 0 heterocycles. The van der Waals surface area contributed by atoms with Crippen LogP contribution < -0.4 is 10.2 Å². The Hall–Kier alpha value is -1.51. The van der Waals surface area contributed by atoms with Crippen molar-refractivity contribution in [3.8, 4) is 0 Å². The van der Waals surface area contributed by atoms with Crippen molar-refractivity contribution in [2.45, 2.75) is 19.9 Å². The van der Waals surface area contributed by atoms with Gasteiger partial charge in [0.15, 0.2) is 0 Å². The molecule has 92 valence electrons. The summed E-state index contributed by atoms with van der Waals surface area (Å²) in [4.78, 5) is 13.8. The molecule has 0 saturated heterocycles. The Morgan fingerprint density at radius 1 is 1.47 bits per heavy atom. The fraction of sp³-hybridized carbons (Fsp3) is 0.500. The predicted octanol–water partition coefficient (Wildman–Crippen LogP) is 2.02. The van der Waals surface area contributed by atoms with Gasteiger partial charge in [-0.3, -0.25) is 4.79 Å². The number of nitrogens with zero attached hydrogens (tertiary/aromatic N) is 1. The summed E-state index contributed by atoms with van der Waals surface area (Å²) in [7, 11) is 4.03. The van der Waals surface area contributed by atoms with Crippen molar-refractivity contribution in [1.29, 1.82) is 0 Å². The summed E-state index contributed by atoms with van der Waals surface area (Å²) in [5.41, 5.74) is 2.31. The molecule has 1 aliphatic carbocycles. The minimum Gasteiger partial charge on any atom is -0.378 e. The van der Waals surface area contributed by atoms with E-state index in [1.54, 1.807) is 0 Å². The van der Waals surface area contributed by atoms with Crippen LogP contribution in [0.25, 0.3) is 0 Å². The first kappa shape index (κ1) is 12.0. The van der Waals surface area contributed by atoms with Crippen LogP contribution in [0.3, 0.4) is 0 Å². The van der Waals surface area contributed by atoms with Gasteiger partial charge >= 0.3 is 0 Å². The van der Waals surface area contributed by atoms with Crippen LogP contribution in [-0.2, 0) is 11.3 Å². The normalized spacial score (nSPS) is 22.1. The van der Waals surface area contributed by atoms with Gasteiger partial charge in [-0.05, 0) is 30.0 Å². The second-order valence-electron chi connectivity index (χ2n) is 5.10. The monoisotopic (exact) mass is 232 g/mol. The highest BCUT2D eigenvalue weighted by molar-refractivity contribution is 5.81. The topological polar surface area (TPSA) is 32.3 Å². The first-order valence-electron chi connectivity index (χ1n) is 6.12. The third kappa shape index (κ3) is 2.99. The highest BCUT2D eigenvalue weighted by atomic mass is 16.2. The molecule has 1 fully saturated rings. The van der Waals surface area contributed by atoms with E-state index >= 15 is 0 Å². The minimum absolute atomic E-state index is 0.202. The molecule has 2 rings (SSSR count). The van der Waals surface area contributed by atoms with Crippen LogP contribution in [0.2, 0.25) is 0 Å². The van der Waals surface area contributed by atoms with Gasteiger partial charge in [0.1, 0.15) is 0 Å². The van der Waals surface area contributed by atoms with Crippen LogP contribution in [0.15, 0.2) is 24.3 Å². The molecule has 0 aromatic heterocycles. The van der Waals surface area contributed by atoms with Crippen LogP contribution in [0.4, 0.5) is 5.69 Å². The Kier molecular flexibility index (Phi) is 3.36. The molecule has 3 heteroatoms. The number of benzene rings is 1. The minimum atomic E-state index is 0.202. The fourth-order valence-electron chi connectivity index (χ4n) is 1.95. The molecule has 1 aromatic rings. The predicted molar refractivity (Wildman–Crippen MR) is 69.9 cm³/mol. The summed E-state index contributed by atoms with van der Waals surface area (Å²) in [5.74, 6) is 1.03. The van der Waals surface area contributed by atoms with E-state index in [-0.39, 0.29) is 11.8 Å². The van der Waals surface area contributed by atoms with Gasteiger partial charge in [-0.25, -0.2) is 0 Å². The molecule has 1 aromatic carbocycles. The lowest BCUT2D eigenvalue weighted by Crippen LogP contribution is -2.24. The molecule has 0 unspecified atom stereocenters. The summed E-state index contributed by atoms with van der Waals surface area (Å²) in [6.45, 7) is 2.75. The van der Waals surface area contributed by atoms with Crippen LogP contribution in [0.5, 0.6) is 0 Å². The van der Waals surface area contributed by atoms with Crippen molar-refractivity contribution >= 4 is 11.6 Å². The van der Waals surface area contributed by atoms with Gasteiger partial charge in [0.25, 0.3) is 0 Å². The van der Waals surface area contributed by atoms with E-state index in [0.717, 1.165) is 17.7 Å². The summed E-state index contributed by atoms with van der Waals surface area (Å²) in [6.07, 6.45) is 1.05. The molecular weight excluding hydrogens is 212 g/mol. The van der Waals surface area contributed by atoms with E-state index < -0.39 is 0 Å². The first-order valence-corrected chi connectivity index (χ1v) is 6.12. The third-order valence-corrected chi connectivity index (χ3v) is 3.34. The lowest BCUT2D eigenvalue weighted by atomic mass is 10.2. The van der Waals surface area contributed by atoms with Gasteiger partial charge in [-0.15, -0.1) is 0 Å². The zero-order valence-corrected chi connectivity index (χ0v) is 10.7. The number of rotatable bonds is 4. The van der Waals surface area contributed by atoms with Gasteiger partial charge in [0.2, 0.25) is 5.91 Å². The highest BCUT2D eigenvalue weighted by Gasteiger charge is 2.38. The zero-order chi connectivity index (χ0) is 12.4. The Morgan fingerprint density at radius 2 is 2.18 bits per heavy atom. The van der Waals surface area contributed by atoms with Crippen LogP contribution in [-0.4, -0.2) is 20.0 Å². The third-order valence-electron chi connectivity index (χ3n) is 3.34. The first-order chi connectivity index (χ1) is 8.08. The molecule has 17 heavy (non-hydrogen) atoms. The lowest BCUT2D eigenvalue weighted by molar-refractivity contribution is -0.122. The van der Waals surface area contributed by atoms with E-state index in [4.69, 9.17) is 0 Å². The largest absolute Gasteiger partial charge is 0.378 e. The molecule has 1 saturated carbocycles. The molecule has 1 N–H and O–H groups in total. The molecular formula is C14H20N2O. The smallest absolute Gasteiger partial charge is 0.223 e. The molecule has 1 amide bonds. The van der Waals surface area contributed by atoms with Crippen molar-refractivity contribution in [2.24, 2.45) is 11.8 Å². The maximum Gasteiger partial charge on any atom is 0.223 e. The van der Waals surface area contributed by atoms with Crippen LogP contribution in [0.1, 0.15) is 18.9 Å². The molecule has 0 radical (unpaired) electrons. The molecule has 1 aliphatic rings. The fourth-order valence-corrected chi connectivity index (χ4v) is 1.95. The Balaban J connectivity index is 1.90. The van der Waals surface area contributed by atoms with Crippen molar-refractivity contribution in [1.82, 2.24) is 5.32 Å². The number of carbonyl (C=O) groups excluding carboxylic acids is 1. The molecule has 0 bridgehead atoms. The number of amides is 1. The summed E-state index contributed by atoms with van der Waals surface area (Å²) >= 11 is 0. The Labute approximate surface area is 103 Å². The number of anilines is 1. The Morgan fingerprint density at radius 3 is 2.76 bits per heavy atom. The van der Waals surface area contributed by atoms with Gasteiger partial charge in [-0.2, -0.15) is 0 Å². The summed E-state index contributed by atoms with van der Waals surface area (Å²) in [6, 6.07) is 8.24. The highest BCUT2D eigenvalue weighted by Crippen LogP contribution is 2.37. The van der Waals surface area contributed by atoms with E-state index in [9.17, 15) is 4.79 Å². The van der Waals surface area contributed by atoms with Crippen molar-refractivity contribution in [2.75, 3.05) is 19.0 Å². The number of hydrogen-bond acceptors (Lipinski definition) is 2. The molecule has 2 atom stereocenters. The van der Waals surface area contributed by atoms with Crippen molar-refractivity contribution < 1.29 is 4.79 Å². The maximum absolute atomic E-state index is 11.7. The zero-order valence-electron chi connectivity index (χ0n) is 10.7. The van der Waals surface area contributed by atoms with E-state index in [1.165, 1.54) is 0 Å². The van der Waals surface area contributed by atoms with Crippen LogP contribution in [0, 0.1) is 11.8 Å². The summed E-state index contributed by atoms with van der Waals surface area (Å²) < 4.78 is 0. The average Bonchev–Trinajstić information content (AvgIpc) is 3.04. The van der Waals surface area contributed by atoms with Gasteiger partial charge in [0, 0.05) is 32.2 Å². The molecule has 0 spiro atoms. The van der Waals surface area contributed by atoms with Crippen molar-refractivity contribution in [3.63, 3.8) is 0 Å². The Bertz CT molecular complexity index is 414. The average molecular weight is 232 g/mol. The van der Waals surface area contributed by atoms with E-state index in [0.29, 0.717) is 12.5 Å². The van der Waals surface area contributed by atoms with Crippen molar-refractivity contribution in [3.05, 3.63) is 29.8 Å². The quantitative estimate of drug-likeness (QED) is 0.861. The van der Waals surface area contributed by atoms with Gasteiger partial charge in [-0.1, -0.05) is 19.1 Å². The second-order valence-corrected chi connectivity index (χ2v) is 5.10. The summed E-state index contributed by atoms with van der Waals surface area (Å²) in [5, 5.41) is 3.00. The molecule has 0 aliphatic heterocycles. The van der Waals surface area contributed by atoms with Crippen LogP contribution >= 0.6 is 0 Å². The maximum atomic E-state index is 11.7.